The van der Waals surface area contributed by atoms with Crippen molar-refractivity contribution in [2.45, 2.75) is 62.2 Å². The van der Waals surface area contributed by atoms with Gasteiger partial charge in [-0.3, -0.25) is 0 Å². The third-order valence-corrected chi connectivity index (χ3v) is 18.5. The topological polar surface area (TPSA) is 3.24 Å². The van der Waals surface area contributed by atoms with Crippen molar-refractivity contribution in [1.29, 1.82) is 0 Å². The molecule has 0 saturated heterocycles. The van der Waals surface area contributed by atoms with E-state index < -0.39 is 5.41 Å². The van der Waals surface area contributed by atoms with E-state index in [1.54, 1.807) is 11.1 Å². The molecule has 69 heavy (non-hydrogen) atoms. The second kappa shape index (κ2) is 14.4. The predicted molar refractivity (Wildman–Crippen MR) is 285 cm³/mol. The van der Waals surface area contributed by atoms with Gasteiger partial charge in [0.05, 0.1) is 22.5 Å². The number of hydrogen-bond donors (Lipinski definition) is 0. The van der Waals surface area contributed by atoms with Gasteiger partial charge in [-0.15, -0.1) is 0 Å². The van der Waals surface area contributed by atoms with Crippen molar-refractivity contribution in [3.05, 3.63) is 257 Å². The highest BCUT2D eigenvalue weighted by Gasteiger charge is 2.63. The molecule has 4 bridgehead atoms. The lowest BCUT2D eigenvalue weighted by Crippen LogP contribution is -2.55. The molecule has 2 spiro atoms. The van der Waals surface area contributed by atoms with Crippen LogP contribution in [-0.2, 0) is 16.2 Å². The summed E-state index contributed by atoms with van der Waals surface area (Å²) >= 11 is 0. The minimum absolute atomic E-state index is 0.0414. The standard InChI is InChI=1S/C68H55N/c1-66(2)56-29-11-13-31-58(56)68(59-32-14-12-30-57(59)66)55-28-10-7-25-53(55)64-60(68)33-18-35-62(64)69(61-34-15-8-23-50(61)47-22-16-21-46(42-47)45-19-4-3-5-20-45)63-36-17-26-52-51-24-6-9-27-54(51)67(65(52)63)48-38-43-37-44(40-48)41-49(67)39-43/h3-36,42-44,48-49H,37-41H2,1-2H3. The van der Waals surface area contributed by atoms with E-state index in [0.717, 1.165) is 11.8 Å². The molecule has 0 heterocycles. The zero-order valence-corrected chi connectivity index (χ0v) is 39.5. The first kappa shape index (κ1) is 39.7. The molecule has 332 valence electrons. The summed E-state index contributed by atoms with van der Waals surface area (Å²) in [5.74, 6) is 2.96. The van der Waals surface area contributed by atoms with Crippen molar-refractivity contribution in [1.82, 2.24) is 0 Å². The van der Waals surface area contributed by atoms with E-state index in [0.29, 0.717) is 11.8 Å². The molecule has 7 aliphatic carbocycles. The van der Waals surface area contributed by atoms with Crippen LogP contribution in [0.5, 0.6) is 0 Å². The van der Waals surface area contributed by atoms with Crippen LogP contribution in [0.15, 0.2) is 212 Å². The van der Waals surface area contributed by atoms with Crippen LogP contribution in [0.25, 0.3) is 44.5 Å². The van der Waals surface area contributed by atoms with Gasteiger partial charge in [0.25, 0.3) is 0 Å². The second-order valence-electron chi connectivity index (χ2n) is 21.9. The Hall–Kier alpha value is -7.22. The van der Waals surface area contributed by atoms with Gasteiger partial charge < -0.3 is 4.90 Å². The number of anilines is 3. The van der Waals surface area contributed by atoms with Crippen molar-refractivity contribution in [3.8, 4) is 44.5 Å². The van der Waals surface area contributed by atoms with Gasteiger partial charge in [0.2, 0.25) is 0 Å². The van der Waals surface area contributed by atoms with Crippen molar-refractivity contribution >= 4 is 17.1 Å². The first-order valence-corrected chi connectivity index (χ1v) is 25.7. The molecule has 1 heteroatoms. The highest BCUT2D eigenvalue weighted by atomic mass is 15.2. The fourth-order valence-electron chi connectivity index (χ4n) is 16.2. The summed E-state index contributed by atoms with van der Waals surface area (Å²) in [4.78, 5) is 2.77. The van der Waals surface area contributed by atoms with E-state index >= 15 is 0 Å². The van der Waals surface area contributed by atoms with Crippen LogP contribution in [0, 0.1) is 23.7 Å². The molecule has 0 amide bonds. The normalized spacial score (nSPS) is 22.9. The fraction of sp³-hybridized carbons (Fsp3) is 0.206. The van der Waals surface area contributed by atoms with Crippen LogP contribution in [0.4, 0.5) is 17.1 Å². The molecule has 4 fully saturated rings. The number of para-hydroxylation sites is 1. The molecule has 4 saturated carbocycles. The Kier molecular flexibility index (Phi) is 8.30. The SMILES string of the molecule is CC1(C)c2ccccc2C2(c3ccccc3-c3c(N(c4ccccc4-c4cccc(-c5ccccc5)c4)c4cccc5c4C4(c6ccccc6-5)C5CC6CC(C5)CC4C6)cccc32)c2ccccc21. The van der Waals surface area contributed by atoms with Gasteiger partial charge in [-0.05, 0) is 158 Å². The molecule has 0 N–H and O–H groups in total. The summed E-state index contributed by atoms with van der Waals surface area (Å²) in [6, 6.07) is 81.9. The molecule has 0 radical (unpaired) electrons. The molecule has 9 aromatic rings. The van der Waals surface area contributed by atoms with Crippen LogP contribution < -0.4 is 4.90 Å². The van der Waals surface area contributed by atoms with E-state index in [9.17, 15) is 0 Å². The predicted octanol–water partition coefficient (Wildman–Crippen LogP) is 17.2. The van der Waals surface area contributed by atoms with E-state index in [-0.39, 0.29) is 10.8 Å². The second-order valence-corrected chi connectivity index (χ2v) is 21.9. The van der Waals surface area contributed by atoms with Crippen LogP contribution in [0.1, 0.15) is 90.5 Å². The molecule has 0 atom stereocenters. The van der Waals surface area contributed by atoms with E-state index in [2.05, 4.69) is 231 Å². The number of hydrogen-bond acceptors (Lipinski definition) is 1. The van der Waals surface area contributed by atoms with Gasteiger partial charge >= 0.3 is 0 Å². The van der Waals surface area contributed by atoms with Crippen molar-refractivity contribution < 1.29 is 0 Å². The summed E-state index contributed by atoms with van der Waals surface area (Å²) < 4.78 is 0. The third-order valence-electron chi connectivity index (χ3n) is 18.5. The van der Waals surface area contributed by atoms with Crippen LogP contribution >= 0.6 is 0 Å². The first-order valence-electron chi connectivity index (χ1n) is 25.7. The average molecular weight is 886 g/mol. The molecule has 0 unspecified atom stereocenters. The molecule has 1 nitrogen and oxygen atoms in total. The minimum atomic E-state index is -0.503. The Morgan fingerprint density at radius 1 is 0.348 bits per heavy atom. The van der Waals surface area contributed by atoms with Gasteiger partial charge in [-0.1, -0.05) is 202 Å². The van der Waals surface area contributed by atoms with Crippen molar-refractivity contribution in [2.75, 3.05) is 4.90 Å². The summed E-state index contributed by atoms with van der Waals surface area (Å²) in [5, 5.41) is 0. The van der Waals surface area contributed by atoms with Crippen LogP contribution in [0.3, 0.4) is 0 Å². The lowest BCUT2D eigenvalue weighted by molar-refractivity contribution is -0.0397. The lowest BCUT2D eigenvalue weighted by atomic mass is 9.43. The quantitative estimate of drug-likeness (QED) is 0.166. The van der Waals surface area contributed by atoms with Crippen molar-refractivity contribution in [2.24, 2.45) is 23.7 Å². The fourth-order valence-corrected chi connectivity index (χ4v) is 16.2. The Labute approximate surface area is 407 Å². The molecular weight excluding hydrogens is 831 g/mol. The molecule has 7 aliphatic rings. The smallest absolute Gasteiger partial charge is 0.0720 e. The first-order chi connectivity index (χ1) is 34.0. The third kappa shape index (κ3) is 5.16. The number of fused-ring (bicyclic) bond motifs is 12. The van der Waals surface area contributed by atoms with E-state index in [4.69, 9.17) is 0 Å². The molecule has 16 rings (SSSR count). The van der Waals surface area contributed by atoms with Gasteiger partial charge in [-0.25, -0.2) is 0 Å². The summed E-state index contributed by atoms with van der Waals surface area (Å²) in [6.07, 6.45) is 6.78. The van der Waals surface area contributed by atoms with Crippen molar-refractivity contribution in [3.63, 3.8) is 0 Å². The highest BCUT2D eigenvalue weighted by molar-refractivity contribution is 6.02. The number of rotatable bonds is 5. The Balaban J connectivity index is 1.06. The Bertz CT molecular complexity index is 3490. The van der Waals surface area contributed by atoms with E-state index in [1.165, 1.54) is 127 Å². The minimum Gasteiger partial charge on any atom is -0.309 e. The molecule has 0 aromatic heterocycles. The summed E-state index contributed by atoms with van der Waals surface area (Å²) in [7, 11) is 0. The average Bonchev–Trinajstić information content (AvgIpc) is 3.87. The van der Waals surface area contributed by atoms with Crippen LogP contribution in [-0.4, -0.2) is 0 Å². The van der Waals surface area contributed by atoms with Gasteiger partial charge in [0.1, 0.15) is 0 Å². The summed E-state index contributed by atoms with van der Waals surface area (Å²) in [6.45, 7) is 4.85. The molecule has 9 aromatic carbocycles. The maximum absolute atomic E-state index is 2.77. The van der Waals surface area contributed by atoms with Gasteiger partial charge in [-0.2, -0.15) is 0 Å². The molecule has 0 aliphatic heterocycles. The molecular formula is C68H55N. The number of benzene rings is 9. The van der Waals surface area contributed by atoms with Gasteiger partial charge in [0.15, 0.2) is 0 Å². The zero-order valence-electron chi connectivity index (χ0n) is 39.5. The van der Waals surface area contributed by atoms with Gasteiger partial charge in [0, 0.05) is 22.0 Å². The van der Waals surface area contributed by atoms with Crippen LogP contribution in [0.2, 0.25) is 0 Å². The Morgan fingerprint density at radius 3 is 1.54 bits per heavy atom. The maximum atomic E-state index is 2.77. The Morgan fingerprint density at radius 2 is 0.826 bits per heavy atom. The zero-order chi connectivity index (χ0) is 45.6. The number of nitrogens with zero attached hydrogens (tertiary/aromatic N) is 1. The maximum Gasteiger partial charge on any atom is 0.0720 e. The lowest BCUT2D eigenvalue weighted by Gasteiger charge is -2.61. The largest absolute Gasteiger partial charge is 0.309 e. The highest BCUT2D eigenvalue weighted by Crippen LogP contribution is 2.72. The monoisotopic (exact) mass is 885 g/mol. The summed E-state index contributed by atoms with van der Waals surface area (Å²) in [5.41, 5.74) is 25.0. The van der Waals surface area contributed by atoms with E-state index in [1.807, 2.05) is 0 Å².